The molecule has 0 radical (unpaired) electrons. The highest BCUT2D eigenvalue weighted by Gasteiger charge is 2.26. The van der Waals surface area contributed by atoms with Crippen LogP contribution < -0.4 is 10.2 Å². The van der Waals surface area contributed by atoms with Gasteiger partial charge in [0.15, 0.2) is 0 Å². The van der Waals surface area contributed by atoms with Crippen LogP contribution in [0.1, 0.15) is 26.7 Å². The number of hydrogen-bond donors (Lipinski definition) is 1. The molecule has 0 aromatic heterocycles. The van der Waals surface area contributed by atoms with Gasteiger partial charge >= 0.3 is 0 Å². The molecular weight excluding hydrogens is 284 g/mol. The van der Waals surface area contributed by atoms with Gasteiger partial charge in [-0.3, -0.25) is 9.59 Å². The monoisotopic (exact) mass is 304 g/mol. The molecule has 1 aromatic rings. The number of fused-ring (bicyclic) bond motifs is 1. The lowest BCUT2D eigenvalue weighted by Crippen LogP contribution is -2.34. The van der Waals surface area contributed by atoms with E-state index < -0.39 is 0 Å². The van der Waals surface area contributed by atoms with E-state index in [0.29, 0.717) is 4.91 Å². The summed E-state index contributed by atoms with van der Waals surface area (Å²) in [5, 5.41) is 2.92. The van der Waals surface area contributed by atoms with Crippen LogP contribution in [0, 0.1) is 0 Å². The largest absolute Gasteiger partial charge is 0.350 e. The maximum absolute atomic E-state index is 12.3. The van der Waals surface area contributed by atoms with Crippen molar-refractivity contribution in [1.82, 2.24) is 5.32 Å². The Hall–Kier alpha value is -1.75. The van der Waals surface area contributed by atoms with E-state index in [0.717, 1.165) is 23.4 Å². The molecule has 0 spiro atoms. The highest BCUT2D eigenvalue weighted by atomic mass is 32.2. The highest BCUT2D eigenvalue weighted by molar-refractivity contribution is 8.04. The number of benzene rings is 1. The van der Waals surface area contributed by atoms with Gasteiger partial charge in [-0.05, 0) is 25.0 Å². The second-order valence-electron chi connectivity index (χ2n) is 4.96. The van der Waals surface area contributed by atoms with Gasteiger partial charge in [0.2, 0.25) is 5.91 Å². The van der Waals surface area contributed by atoms with E-state index in [9.17, 15) is 9.59 Å². The van der Waals surface area contributed by atoms with E-state index >= 15 is 0 Å². The van der Waals surface area contributed by atoms with Crippen LogP contribution in [0.15, 0.2) is 40.1 Å². The van der Waals surface area contributed by atoms with Crippen molar-refractivity contribution >= 4 is 29.3 Å². The smallest absolute Gasteiger partial charge is 0.265 e. The minimum atomic E-state index is -0.202. The van der Waals surface area contributed by atoms with E-state index in [4.69, 9.17) is 0 Å². The zero-order valence-electron chi connectivity index (χ0n) is 12.6. The fourth-order valence-corrected chi connectivity index (χ4v) is 3.29. The van der Waals surface area contributed by atoms with Gasteiger partial charge in [-0.15, -0.1) is 0 Å². The molecule has 0 unspecified atom stereocenters. The summed E-state index contributed by atoms with van der Waals surface area (Å²) >= 11 is 1.35. The molecule has 0 fully saturated rings. The number of likely N-dealkylation sites (N-methyl/N-ethyl adjacent to an activating group) is 1. The molecule has 0 saturated heterocycles. The van der Waals surface area contributed by atoms with Crippen LogP contribution >= 0.6 is 11.8 Å². The van der Waals surface area contributed by atoms with E-state index in [2.05, 4.69) is 5.32 Å². The van der Waals surface area contributed by atoms with Crippen molar-refractivity contribution in [2.24, 2.45) is 0 Å². The number of carbonyl (C=O) groups is 2. The van der Waals surface area contributed by atoms with Crippen LogP contribution in [-0.4, -0.2) is 24.9 Å². The van der Waals surface area contributed by atoms with Gasteiger partial charge in [0.25, 0.3) is 5.91 Å². The van der Waals surface area contributed by atoms with Crippen LogP contribution in [0.25, 0.3) is 0 Å². The Morgan fingerprint density at radius 1 is 1.33 bits per heavy atom. The van der Waals surface area contributed by atoms with Crippen molar-refractivity contribution in [1.29, 1.82) is 0 Å². The molecule has 1 aliphatic heterocycles. The Morgan fingerprint density at radius 2 is 2.00 bits per heavy atom. The molecule has 1 aliphatic rings. The van der Waals surface area contributed by atoms with E-state index in [1.807, 2.05) is 38.1 Å². The molecule has 21 heavy (non-hydrogen) atoms. The van der Waals surface area contributed by atoms with E-state index in [-0.39, 0.29) is 17.9 Å². The number of nitrogens with zero attached hydrogens (tertiary/aromatic N) is 1. The number of rotatable bonds is 4. The van der Waals surface area contributed by atoms with Crippen LogP contribution in [0.5, 0.6) is 0 Å². The summed E-state index contributed by atoms with van der Waals surface area (Å²) in [5.74, 6) is -0.342. The Bertz CT molecular complexity index is 579. The minimum Gasteiger partial charge on any atom is -0.350 e. The first kappa shape index (κ1) is 15.6. The van der Waals surface area contributed by atoms with Crippen molar-refractivity contribution in [3.63, 3.8) is 0 Å². The van der Waals surface area contributed by atoms with Gasteiger partial charge in [0.05, 0.1) is 10.6 Å². The highest BCUT2D eigenvalue weighted by Crippen LogP contribution is 2.40. The van der Waals surface area contributed by atoms with Gasteiger partial charge in [0, 0.05) is 24.1 Å². The lowest BCUT2D eigenvalue weighted by atomic mass is 10.2. The maximum Gasteiger partial charge on any atom is 0.265 e. The molecule has 2 rings (SSSR count). The van der Waals surface area contributed by atoms with Crippen molar-refractivity contribution < 1.29 is 9.59 Å². The van der Waals surface area contributed by atoms with Crippen molar-refractivity contribution in [3.8, 4) is 0 Å². The standard InChI is InChI=1S/C16H20N2O2S/c1-4-11(5-2)17-15(19)10-14-16(20)18(3)12-8-6-7-9-13(12)21-14/h6-11H,4-5H2,1-3H3,(H,17,19)/b14-10+. The SMILES string of the molecule is CCC(CC)NC(=O)/C=C1/Sc2ccccc2N(C)C1=O. The zero-order chi connectivity index (χ0) is 15.4. The molecule has 2 amide bonds. The first-order valence-electron chi connectivity index (χ1n) is 7.14. The summed E-state index contributed by atoms with van der Waals surface area (Å²) in [4.78, 5) is 27.4. The number of para-hydroxylation sites is 1. The van der Waals surface area contributed by atoms with E-state index in [1.165, 1.54) is 17.8 Å². The molecule has 4 nitrogen and oxygen atoms in total. The number of hydrogen-bond acceptors (Lipinski definition) is 3. The van der Waals surface area contributed by atoms with Crippen LogP contribution in [0.4, 0.5) is 5.69 Å². The summed E-state index contributed by atoms with van der Waals surface area (Å²) in [6.07, 6.45) is 3.18. The molecule has 112 valence electrons. The molecule has 1 N–H and O–H groups in total. The molecule has 0 bridgehead atoms. The second-order valence-corrected chi connectivity index (χ2v) is 6.05. The predicted molar refractivity (Wildman–Crippen MR) is 86.3 cm³/mol. The Kier molecular flexibility index (Phi) is 5.07. The first-order valence-corrected chi connectivity index (χ1v) is 7.95. The molecule has 0 aliphatic carbocycles. The zero-order valence-corrected chi connectivity index (χ0v) is 13.4. The Morgan fingerprint density at radius 3 is 2.67 bits per heavy atom. The third-order valence-corrected chi connectivity index (χ3v) is 4.63. The van der Waals surface area contributed by atoms with Crippen molar-refractivity contribution in [3.05, 3.63) is 35.2 Å². The summed E-state index contributed by atoms with van der Waals surface area (Å²) in [6, 6.07) is 7.84. The fourth-order valence-electron chi connectivity index (χ4n) is 2.20. The third-order valence-electron chi connectivity index (χ3n) is 3.56. The topological polar surface area (TPSA) is 49.4 Å². The molecule has 5 heteroatoms. The van der Waals surface area contributed by atoms with Crippen molar-refractivity contribution in [2.75, 3.05) is 11.9 Å². The summed E-state index contributed by atoms with van der Waals surface area (Å²) in [6.45, 7) is 4.07. The Balaban J connectivity index is 2.19. The summed E-state index contributed by atoms with van der Waals surface area (Å²) in [5.41, 5.74) is 0.880. The molecule has 0 saturated carbocycles. The quantitative estimate of drug-likeness (QED) is 0.870. The van der Waals surface area contributed by atoms with Crippen LogP contribution in [-0.2, 0) is 9.59 Å². The molecule has 1 heterocycles. The summed E-state index contributed by atoms with van der Waals surface area (Å²) in [7, 11) is 1.73. The normalized spacial score (nSPS) is 16.3. The number of thioether (sulfide) groups is 1. The fraction of sp³-hybridized carbons (Fsp3) is 0.375. The van der Waals surface area contributed by atoms with Gasteiger partial charge in [-0.1, -0.05) is 37.7 Å². The summed E-state index contributed by atoms with van der Waals surface area (Å²) < 4.78 is 0. The Labute approximate surface area is 129 Å². The van der Waals surface area contributed by atoms with Gasteiger partial charge < -0.3 is 10.2 Å². The average Bonchev–Trinajstić information content (AvgIpc) is 2.50. The number of anilines is 1. The van der Waals surface area contributed by atoms with E-state index in [1.54, 1.807) is 11.9 Å². The van der Waals surface area contributed by atoms with Gasteiger partial charge in [-0.25, -0.2) is 0 Å². The number of amides is 2. The minimum absolute atomic E-state index is 0.140. The van der Waals surface area contributed by atoms with Gasteiger partial charge in [-0.2, -0.15) is 0 Å². The maximum atomic E-state index is 12.3. The lowest BCUT2D eigenvalue weighted by molar-refractivity contribution is -0.118. The predicted octanol–water partition coefficient (Wildman–Crippen LogP) is 2.94. The molecule has 1 aromatic carbocycles. The molecule has 0 atom stereocenters. The second kappa shape index (κ2) is 6.80. The van der Waals surface area contributed by atoms with Crippen LogP contribution in [0.2, 0.25) is 0 Å². The van der Waals surface area contributed by atoms with Crippen LogP contribution in [0.3, 0.4) is 0 Å². The third kappa shape index (κ3) is 3.47. The first-order chi connectivity index (χ1) is 10.1. The van der Waals surface area contributed by atoms with Gasteiger partial charge in [0.1, 0.15) is 0 Å². The number of nitrogens with one attached hydrogen (secondary N) is 1. The average molecular weight is 304 g/mol. The lowest BCUT2D eigenvalue weighted by Gasteiger charge is -2.26. The molecular formula is C16H20N2O2S. The van der Waals surface area contributed by atoms with Crippen molar-refractivity contribution in [2.45, 2.75) is 37.6 Å². The number of carbonyl (C=O) groups excluding carboxylic acids is 2.